The normalized spacial score (nSPS) is 10.2. The molecule has 0 bridgehead atoms. The highest BCUT2D eigenvalue weighted by Gasteiger charge is 2.28. The first-order chi connectivity index (χ1) is 10.8. The van der Waals surface area contributed by atoms with Gasteiger partial charge in [-0.1, -0.05) is 23.7 Å². The Morgan fingerprint density at radius 2 is 1.70 bits per heavy atom. The van der Waals surface area contributed by atoms with Crippen molar-refractivity contribution in [1.29, 1.82) is 0 Å². The average Bonchev–Trinajstić information content (AvgIpc) is 2.51. The number of carbonyl (C=O) groups is 3. The molecule has 7 heteroatoms. The second-order valence-corrected chi connectivity index (χ2v) is 5.11. The molecule has 23 heavy (non-hydrogen) atoms. The van der Waals surface area contributed by atoms with E-state index < -0.39 is 17.8 Å². The van der Waals surface area contributed by atoms with Crippen molar-refractivity contribution in [2.24, 2.45) is 0 Å². The largest absolute Gasteiger partial charge is 0.478 e. The van der Waals surface area contributed by atoms with Gasteiger partial charge in [-0.2, -0.15) is 0 Å². The number of aryl methyl sites for hydroxylation is 1. The number of aliphatic carboxylic acids is 1. The molecule has 2 rings (SSSR count). The zero-order chi connectivity index (χ0) is 17.1. The second-order valence-electron chi connectivity index (χ2n) is 4.70. The molecule has 2 aromatic carbocycles. The summed E-state index contributed by atoms with van der Waals surface area (Å²) >= 11 is 5.94. The highest BCUT2D eigenvalue weighted by atomic mass is 35.5. The summed E-state index contributed by atoms with van der Waals surface area (Å²) in [6.45, 7) is 1.69. The van der Waals surface area contributed by atoms with E-state index in [0.717, 1.165) is 4.90 Å². The summed E-state index contributed by atoms with van der Waals surface area (Å²) in [7, 11) is 0. The molecule has 0 aliphatic rings. The van der Waals surface area contributed by atoms with Crippen LogP contribution in [-0.2, 0) is 9.59 Å². The molecule has 0 unspecified atom stereocenters. The van der Waals surface area contributed by atoms with Gasteiger partial charge in [0, 0.05) is 10.7 Å². The maximum Gasteiger partial charge on any atom is 0.395 e. The number of carboxylic acids is 2. The molecule has 6 nitrogen and oxygen atoms in total. The van der Waals surface area contributed by atoms with Crippen molar-refractivity contribution < 1.29 is 24.6 Å². The average molecular weight is 334 g/mol. The highest BCUT2D eigenvalue weighted by molar-refractivity contribution is 6.39. The Labute approximate surface area is 136 Å². The van der Waals surface area contributed by atoms with Gasteiger partial charge in [-0.15, -0.1) is 0 Å². The standard InChI is InChI=1S/C16H12ClNO5/c1-9-8-10(6-7-12(9)17)18(14(19)16(22)23)13-5-3-2-4-11(13)15(20)21/h2-8H,1H3,(H,20,21)(H,22,23). The van der Waals surface area contributed by atoms with Crippen molar-refractivity contribution in [3.63, 3.8) is 0 Å². The van der Waals surface area contributed by atoms with Crippen LogP contribution in [0.15, 0.2) is 42.5 Å². The van der Waals surface area contributed by atoms with Crippen LogP contribution in [0, 0.1) is 6.92 Å². The van der Waals surface area contributed by atoms with E-state index in [-0.39, 0.29) is 16.9 Å². The Bertz CT molecular complexity index is 803. The van der Waals surface area contributed by atoms with Gasteiger partial charge in [-0.05, 0) is 42.8 Å². The Morgan fingerprint density at radius 1 is 1.04 bits per heavy atom. The highest BCUT2D eigenvalue weighted by Crippen LogP contribution is 2.31. The molecule has 0 saturated carbocycles. The lowest BCUT2D eigenvalue weighted by Gasteiger charge is -2.23. The lowest BCUT2D eigenvalue weighted by molar-refractivity contribution is -0.148. The number of amides is 1. The Hall–Kier alpha value is -2.86. The van der Waals surface area contributed by atoms with Gasteiger partial charge in [0.05, 0.1) is 11.3 Å². The molecular formula is C16H12ClNO5. The number of hydrogen-bond donors (Lipinski definition) is 2. The quantitative estimate of drug-likeness (QED) is 0.841. The van der Waals surface area contributed by atoms with Crippen molar-refractivity contribution in [1.82, 2.24) is 0 Å². The number of hydrogen-bond acceptors (Lipinski definition) is 3. The minimum absolute atomic E-state index is 0.0332. The van der Waals surface area contributed by atoms with Crippen LogP contribution < -0.4 is 4.90 Å². The van der Waals surface area contributed by atoms with Gasteiger partial charge >= 0.3 is 17.8 Å². The summed E-state index contributed by atoms with van der Waals surface area (Å²) in [6, 6.07) is 10.2. The summed E-state index contributed by atoms with van der Waals surface area (Å²) in [5.41, 5.74) is 0.622. The molecule has 0 fully saturated rings. The van der Waals surface area contributed by atoms with Crippen LogP contribution in [0.3, 0.4) is 0 Å². The third-order valence-corrected chi connectivity index (χ3v) is 3.59. The van der Waals surface area contributed by atoms with Gasteiger partial charge in [0.2, 0.25) is 0 Å². The molecule has 0 aliphatic carbocycles. The number of rotatable bonds is 3. The Morgan fingerprint density at radius 3 is 2.26 bits per heavy atom. The maximum atomic E-state index is 12.1. The molecule has 0 spiro atoms. The number of anilines is 2. The van der Waals surface area contributed by atoms with Gasteiger partial charge < -0.3 is 10.2 Å². The molecule has 2 N–H and O–H groups in total. The predicted molar refractivity (Wildman–Crippen MR) is 84.4 cm³/mol. The number of carbonyl (C=O) groups excluding carboxylic acids is 1. The predicted octanol–water partition coefficient (Wildman–Crippen LogP) is 3.10. The van der Waals surface area contributed by atoms with E-state index in [1.807, 2.05) is 0 Å². The van der Waals surface area contributed by atoms with Crippen molar-refractivity contribution in [2.75, 3.05) is 4.90 Å². The van der Waals surface area contributed by atoms with Crippen LogP contribution in [0.2, 0.25) is 5.02 Å². The first-order valence-electron chi connectivity index (χ1n) is 6.48. The number of carboxylic acid groups (broad SMARTS) is 2. The molecule has 0 aliphatic heterocycles. The molecule has 118 valence electrons. The Balaban J connectivity index is 2.69. The molecule has 0 heterocycles. The Kier molecular flexibility index (Phi) is 4.66. The topological polar surface area (TPSA) is 94.9 Å². The third kappa shape index (κ3) is 3.32. The van der Waals surface area contributed by atoms with E-state index in [4.69, 9.17) is 16.7 Å². The fourth-order valence-electron chi connectivity index (χ4n) is 2.08. The summed E-state index contributed by atoms with van der Waals surface area (Å²) in [5, 5.41) is 18.8. The van der Waals surface area contributed by atoms with E-state index in [1.54, 1.807) is 6.92 Å². The van der Waals surface area contributed by atoms with Crippen molar-refractivity contribution in [3.05, 3.63) is 58.6 Å². The zero-order valence-corrected chi connectivity index (χ0v) is 12.7. The molecule has 2 aromatic rings. The van der Waals surface area contributed by atoms with Gasteiger partial charge in [0.25, 0.3) is 0 Å². The van der Waals surface area contributed by atoms with Crippen LogP contribution in [0.5, 0.6) is 0 Å². The number of nitrogens with zero attached hydrogens (tertiary/aromatic N) is 1. The van der Waals surface area contributed by atoms with Crippen LogP contribution in [-0.4, -0.2) is 28.1 Å². The first-order valence-corrected chi connectivity index (χ1v) is 6.86. The zero-order valence-electron chi connectivity index (χ0n) is 12.0. The smallest absolute Gasteiger partial charge is 0.395 e. The molecule has 0 radical (unpaired) electrons. The van der Waals surface area contributed by atoms with Gasteiger partial charge in [0.1, 0.15) is 0 Å². The fourth-order valence-corrected chi connectivity index (χ4v) is 2.20. The van der Waals surface area contributed by atoms with Gasteiger partial charge in [-0.25, -0.2) is 9.59 Å². The number of halogens is 1. The van der Waals surface area contributed by atoms with Crippen LogP contribution in [0.1, 0.15) is 15.9 Å². The van der Waals surface area contributed by atoms with Crippen molar-refractivity contribution in [3.8, 4) is 0 Å². The van der Waals surface area contributed by atoms with E-state index in [1.165, 1.54) is 42.5 Å². The first kappa shape index (κ1) is 16.5. The summed E-state index contributed by atoms with van der Waals surface area (Å²) < 4.78 is 0. The van der Waals surface area contributed by atoms with E-state index in [2.05, 4.69) is 0 Å². The van der Waals surface area contributed by atoms with E-state index in [0.29, 0.717) is 10.6 Å². The van der Waals surface area contributed by atoms with Crippen LogP contribution in [0.4, 0.5) is 11.4 Å². The minimum atomic E-state index is -1.70. The van der Waals surface area contributed by atoms with Crippen LogP contribution in [0.25, 0.3) is 0 Å². The van der Waals surface area contributed by atoms with Crippen molar-refractivity contribution in [2.45, 2.75) is 6.92 Å². The van der Waals surface area contributed by atoms with E-state index >= 15 is 0 Å². The summed E-state index contributed by atoms with van der Waals surface area (Å²) in [6.07, 6.45) is 0. The number of para-hydroxylation sites is 1. The fraction of sp³-hybridized carbons (Fsp3) is 0.0625. The number of benzene rings is 2. The SMILES string of the molecule is Cc1cc(N(C(=O)C(=O)O)c2ccccc2C(=O)O)ccc1Cl. The van der Waals surface area contributed by atoms with E-state index in [9.17, 15) is 19.5 Å². The third-order valence-electron chi connectivity index (χ3n) is 3.16. The second kappa shape index (κ2) is 6.50. The van der Waals surface area contributed by atoms with Crippen molar-refractivity contribution >= 4 is 40.8 Å². The van der Waals surface area contributed by atoms with Crippen LogP contribution >= 0.6 is 11.6 Å². The molecule has 0 atom stereocenters. The number of aromatic carboxylic acids is 1. The monoisotopic (exact) mass is 333 g/mol. The molecule has 0 saturated heterocycles. The minimum Gasteiger partial charge on any atom is -0.478 e. The summed E-state index contributed by atoms with van der Waals surface area (Å²) in [5.74, 6) is -4.23. The molecule has 0 aromatic heterocycles. The van der Waals surface area contributed by atoms with Gasteiger partial charge in [-0.3, -0.25) is 9.69 Å². The summed E-state index contributed by atoms with van der Waals surface area (Å²) in [4.78, 5) is 35.5. The lowest BCUT2D eigenvalue weighted by atomic mass is 10.1. The van der Waals surface area contributed by atoms with Gasteiger partial charge in [0.15, 0.2) is 0 Å². The maximum absolute atomic E-state index is 12.1. The molecular weight excluding hydrogens is 322 g/mol. The molecule has 1 amide bonds. The lowest BCUT2D eigenvalue weighted by Crippen LogP contribution is -2.33.